The lowest BCUT2D eigenvalue weighted by Gasteiger charge is -2.29. The Kier molecular flexibility index (Phi) is 1.51. The SMILES string of the molecule is O=S1(=O)C(F)=C(F)C2(F)C3C=CC(O3)C21F. The minimum Gasteiger partial charge on any atom is -0.358 e. The average molecular weight is 256 g/mol. The van der Waals surface area contributed by atoms with Gasteiger partial charge in [0.25, 0.3) is 10.2 Å². The first-order valence-electron chi connectivity index (χ1n) is 4.30. The topological polar surface area (TPSA) is 43.4 Å². The Morgan fingerprint density at radius 3 is 2.31 bits per heavy atom. The normalized spacial score (nSPS) is 52.5. The highest BCUT2D eigenvalue weighted by molar-refractivity contribution is 7.96. The molecule has 1 saturated heterocycles. The molecule has 3 aliphatic heterocycles. The van der Waals surface area contributed by atoms with E-state index in [0.717, 1.165) is 12.2 Å². The van der Waals surface area contributed by atoms with Crippen LogP contribution in [0.4, 0.5) is 17.6 Å². The van der Waals surface area contributed by atoms with Crippen LogP contribution in [0.25, 0.3) is 0 Å². The molecule has 88 valence electrons. The summed E-state index contributed by atoms with van der Waals surface area (Å²) in [5.74, 6) is -2.24. The number of alkyl halides is 2. The van der Waals surface area contributed by atoms with Gasteiger partial charge in [-0.2, -0.15) is 4.39 Å². The molecule has 4 unspecified atom stereocenters. The number of sulfone groups is 1. The van der Waals surface area contributed by atoms with Crippen LogP contribution in [-0.2, 0) is 14.6 Å². The number of halogens is 4. The van der Waals surface area contributed by atoms with Gasteiger partial charge in [0.1, 0.15) is 12.2 Å². The van der Waals surface area contributed by atoms with E-state index in [1.165, 1.54) is 0 Å². The van der Waals surface area contributed by atoms with Gasteiger partial charge < -0.3 is 4.74 Å². The summed E-state index contributed by atoms with van der Waals surface area (Å²) in [6.45, 7) is 0. The lowest BCUT2D eigenvalue weighted by Crippen LogP contribution is -2.55. The molecule has 2 bridgehead atoms. The third-order valence-corrected chi connectivity index (χ3v) is 5.09. The third kappa shape index (κ3) is 0.657. The highest BCUT2D eigenvalue weighted by Crippen LogP contribution is 2.63. The fraction of sp³-hybridized carbons (Fsp3) is 0.500. The molecule has 0 radical (unpaired) electrons. The van der Waals surface area contributed by atoms with Crippen molar-refractivity contribution in [1.82, 2.24) is 0 Å². The summed E-state index contributed by atoms with van der Waals surface area (Å²) in [5, 5.41) is -6.10. The van der Waals surface area contributed by atoms with E-state index >= 15 is 0 Å². The van der Waals surface area contributed by atoms with Gasteiger partial charge in [-0.25, -0.2) is 21.6 Å². The van der Waals surface area contributed by atoms with Crippen LogP contribution in [0.15, 0.2) is 23.1 Å². The summed E-state index contributed by atoms with van der Waals surface area (Å²) in [5.41, 5.74) is -3.60. The molecule has 8 heteroatoms. The molecule has 4 atom stereocenters. The van der Waals surface area contributed by atoms with Crippen molar-refractivity contribution in [3.8, 4) is 0 Å². The lowest BCUT2D eigenvalue weighted by atomic mass is 9.88. The summed E-state index contributed by atoms with van der Waals surface area (Å²) >= 11 is 0. The van der Waals surface area contributed by atoms with E-state index in [0.29, 0.717) is 0 Å². The zero-order valence-electron chi connectivity index (χ0n) is 7.45. The predicted octanol–water partition coefficient (Wildman–Crippen LogP) is 1.23. The van der Waals surface area contributed by atoms with Crippen molar-refractivity contribution in [1.29, 1.82) is 0 Å². The maximum Gasteiger partial charge on any atom is 0.289 e. The molecule has 1 fully saturated rings. The van der Waals surface area contributed by atoms with Crippen LogP contribution in [0.2, 0.25) is 0 Å². The van der Waals surface area contributed by atoms with Gasteiger partial charge in [0.05, 0.1) is 0 Å². The van der Waals surface area contributed by atoms with Crippen molar-refractivity contribution in [2.45, 2.75) is 22.9 Å². The van der Waals surface area contributed by atoms with Crippen LogP contribution in [0, 0.1) is 0 Å². The molecule has 0 spiro atoms. The van der Waals surface area contributed by atoms with E-state index in [4.69, 9.17) is 0 Å². The minimum atomic E-state index is -5.32. The summed E-state index contributed by atoms with van der Waals surface area (Å²) in [6.07, 6.45) is -1.63. The van der Waals surface area contributed by atoms with Crippen LogP contribution in [0.3, 0.4) is 0 Å². The average Bonchev–Trinajstić information content (AvgIpc) is 2.81. The van der Waals surface area contributed by atoms with Gasteiger partial charge in [-0.05, 0) is 0 Å². The molecule has 16 heavy (non-hydrogen) atoms. The smallest absolute Gasteiger partial charge is 0.289 e. The lowest BCUT2D eigenvalue weighted by molar-refractivity contribution is 0.0457. The third-order valence-electron chi connectivity index (χ3n) is 3.13. The van der Waals surface area contributed by atoms with E-state index in [-0.39, 0.29) is 0 Å². The monoisotopic (exact) mass is 256 g/mol. The molecular weight excluding hydrogens is 252 g/mol. The number of rotatable bonds is 0. The molecule has 3 nitrogen and oxygen atoms in total. The Labute approximate surface area is 87.3 Å². The summed E-state index contributed by atoms with van der Waals surface area (Å²) in [4.78, 5) is 0. The quantitative estimate of drug-likeness (QED) is 0.483. The van der Waals surface area contributed by atoms with E-state index in [1.54, 1.807) is 0 Å². The predicted molar refractivity (Wildman–Crippen MR) is 43.6 cm³/mol. The van der Waals surface area contributed by atoms with Crippen molar-refractivity contribution in [3.05, 3.63) is 23.1 Å². The van der Waals surface area contributed by atoms with Crippen molar-refractivity contribution < 1.29 is 30.7 Å². The fourth-order valence-electron chi connectivity index (χ4n) is 2.30. The van der Waals surface area contributed by atoms with Gasteiger partial charge in [-0.3, -0.25) is 0 Å². The van der Waals surface area contributed by atoms with Gasteiger partial charge in [-0.15, -0.1) is 0 Å². The van der Waals surface area contributed by atoms with Gasteiger partial charge in [-0.1, -0.05) is 12.2 Å². The van der Waals surface area contributed by atoms with Crippen molar-refractivity contribution in [2.24, 2.45) is 0 Å². The molecular formula is C8H4F4O3S. The van der Waals surface area contributed by atoms with E-state index in [2.05, 4.69) is 4.74 Å². The molecule has 0 aliphatic carbocycles. The molecule has 3 aliphatic rings. The highest BCUT2D eigenvalue weighted by Gasteiger charge is 2.84. The van der Waals surface area contributed by atoms with Crippen LogP contribution in [-0.4, -0.2) is 31.3 Å². The van der Waals surface area contributed by atoms with Gasteiger partial charge in [0.15, 0.2) is 5.83 Å². The molecule has 0 N–H and O–H groups in total. The Balaban J connectivity index is 2.40. The zero-order valence-corrected chi connectivity index (χ0v) is 8.27. The Morgan fingerprint density at radius 1 is 1.19 bits per heavy atom. The van der Waals surface area contributed by atoms with Gasteiger partial charge in [0, 0.05) is 0 Å². The fourth-order valence-corrected chi connectivity index (χ4v) is 3.99. The molecule has 0 aromatic carbocycles. The molecule has 0 saturated carbocycles. The molecule has 0 amide bonds. The highest BCUT2D eigenvalue weighted by atomic mass is 32.2. The molecule has 0 aromatic rings. The summed E-state index contributed by atoms with van der Waals surface area (Å²) in [7, 11) is -5.32. The van der Waals surface area contributed by atoms with Crippen molar-refractivity contribution in [3.63, 3.8) is 0 Å². The first-order chi connectivity index (χ1) is 7.28. The Hall–Kier alpha value is -0.890. The van der Waals surface area contributed by atoms with Gasteiger partial charge >= 0.3 is 0 Å². The number of fused-ring (bicyclic) bond motifs is 5. The first kappa shape index (κ1) is 10.3. The summed E-state index contributed by atoms with van der Waals surface area (Å²) in [6, 6.07) is 0. The van der Waals surface area contributed by atoms with Crippen LogP contribution >= 0.6 is 0 Å². The van der Waals surface area contributed by atoms with Crippen LogP contribution in [0.1, 0.15) is 0 Å². The molecule has 3 rings (SSSR count). The Bertz CT molecular complexity index is 554. The zero-order chi connectivity index (χ0) is 11.9. The van der Waals surface area contributed by atoms with E-state index in [1.807, 2.05) is 0 Å². The van der Waals surface area contributed by atoms with Gasteiger partial charge in [0.2, 0.25) is 15.5 Å². The van der Waals surface area contributed by atoms with E-state index in [9.17, 15) is 26.0 Å². The first-order valence-corrected chi connectivity index (χ1v) is 5.78. The van der Waals surface area contributed by atoms with Crippen molar-refractivity contribution >= 4 is 9.84 Å². The Morgan fingerprint density at radius 2 is 1.75 bits per heavy atom. The maximum absolute atomic E-state index is 14.2. The standard InChI is InChI=1S/C8H4F4O3S/c9-5-6(10)16(13,14)8(12)4-2-1-3(15-4)7(5,8)11/h1-4H. The van der Waals surface area contributed by atoms with E-state index < -0.39 is 43.7 Å². The number of hydrogen-bond donors (Lipinski definition) is 0. The largest absolute Gasteiger partial charge is 0.358 e. The summed E-state index contributed by atoms with van der Waals surface area (Å²) < 4.78 is 81.8. The maximum atomic E-state index is 14.2. The second kappa shape index (κ2) is 2.35. The van der Waals surface area contributed by atoms with Crippen molar-refractivity contribution in [2.75, 3.05) is 0 Å². The molecule has 0 aromatic heterocycles. The second-order valence-electron chi connectivity index (χ2n) is 3.81. The van der Waals surface area contributed by atoms with Crippen LogP contribution in [0.5, 0.6) is 0 Å². The number of hydrogen-bond acceptors (Lipinski definition) is 3. The second-order valence-corrected chi connectivity index (χ2v) is 5.77. The van der Waals surface area contributed by atoms with Crippen LogP contribution < -0.4 is 0 Å². The molecule has 3 heterocycles. The number of ether oxygens (including phenoxy) is 1. The minimum absolute atomic E-state index is 0.950.